The zero-order valence-electron chi connectivity index (χ0n) is 12.5. The van der Waals surface area contributed by atoms with Crippen molar-refractivity contribution < 1.29 is 4.79 Å². The summed E-state index contributed by atoms with van der Waals surface area (Å²) in [5.41, 5.74) is 4.38. The summed E-state index contributed by atoms with van der Waals surface area (Å²) in [5, 5.41) is 0. The molecule has 0 spiro atoms. The molecule has 1 aromatic carbocycles. The maximum absolute atomic E-state index is 12.2. The summed E-state index contributed by atoms with van der Waals surface area (Å²) >= 11 is 0. The van der Waals surface area contributed by atoms with Crippen LogP contribution in [0.4, 0.5) is 5.69 Å². The van der Waals surface area contributed by atoms with Gasteiger partial charge in [0, 0.05) is 30.0 Å². The van der Waals surface area contributed by atoms with Crippen molar-refractivity contribution in [2.24, 2.45) is 5.92 Å². The van der Waals surface area contributed by atoms with Crippen LogP contribution in [0.5, 0.6) is 0 Å². The fourth-order valence-corrected chi connectivity index (χ4v) is 2.87. The van der Waals surface area contributed by atoms with Gasteiger partial charge < -0.3 is 4.90 Å². The molecule has 1 saturated heterocycles. The Morgan fingerprint density at radius 3 is 2.62 bits per heavy atom. The summed E-state index contributed by atoms with van der Waals surface area (Å²) in [6.45, 7) is 4.90. The van der Waals surface area contributed by atoms with E-state index < -0.39 is 0 Å². The quantitative estimate of drug-likeness (QED) is 0.864. The molecule has 2 heterocycles. The van der Waals surface area contributed by atoms with Gasteiger partial charge in [0.25, 0.3) is 0 Å². The molecule has 1 atom stereocenters. The topological polar surface area (TPSA) is 33.2 Å². The minimum absolute atomic E-state index is 0.218. The molecule has 1 fully saturated rings. The number of hydrogen-bond acceptors (Lipinski definition) is 2. The summed E-state index contributed by atoms with van der Waals surface area (Å²) in [6.07, 6.45) is 1.49. The van der Waals surface area contributed by atoms with Gasteiger partial charge in [-0.25, -0.2) is 0 Å². The third-order valence-electron chi connectivity index (χ3n) is 4.18. The number of carbonyl (C=O) groups is 1. The van der Waals surface area contributed by atoms with Crippen molar-refractivity contribution in [1.82, 2.24) is 4.98 Å². The molecule has 2 aromatic rings. The number of nitrogens with zero attached hydrogens (tertiary/aromatic N) is 2. The van der Waals surface area contributed by atoms with Gasteiger partial charge in [0.15, 0.2) is 0 Å². The molecule has 21 heavy (non-hydrogen) atoms. The van der Waals surface area contributed by atoms with E-state index in [0.717, 1.165) is 30.0 Å². The Balaban J connectivity index is 1.71. The first-order valence-corrected chi connectivity index (χ1v) is 7.42. The van der Waals surface area contributed by atoms with E-state index in [-0.39, 0.29) is 5.91 Å². The molecular weight excluding hydrogens is 260 g/mol. The molecule has 1 aromatic heterocycles. The van der Waals surface area contributed by atoms with Gasteiger partial charge in [0.05, 0.1) is 0 Å². The van der Waals surface area contributed by atoms with Crippen LogP contribution in [0.25, 0.3) is 0 Å². The fourth-order valence-electron chi connectivity index (χ4n) is 2.87. The molecule has 0 radical (unpaired) electrons. The first-order valence-electron chi connectivity index (χ1n) is 7.42. The van der Waals surface area contributed by atoms with Crippen molar-refractivity contribution in [3.63, 3.8) is 0 Å². The molecule has 1 amide bonds. The van der Waals surface area contributed by atoms with E-state index in [0.29, 0.717) is 12.3 Å². The normalized spacial score (nSPS) is 18.3. The number of pyridine rings is 1. The van der Waals surface area contributed by atoms with Gasteiger partial charge in [-0.1, -0.05) is 24.3 Å². The van der Waals surface area contributed by atoms with Crippen molar-refractivity contribution in [2.75, 3.05) is 11.4 Å². The van der Waals surface area contributed by atoms with Gasteiger partial charge in [-0.2, -0.15) is 0 Å². The Morgan fingerprint density at radius 1 is 1.14 bits per heavy atom. The molecule has 3 heteroatoms. The highest BCUT2D eigenvalue weighted by Crippen LogP contribution is 2.26. The number of carbonyl (C=O) groups excluding carboxylic acids is 1. The van der Waals surface area contributed by atoms with E-state index in [9.17, 15) is 4.79 Å². The molecule has 3 rings (SSSR count). The van der Waals surface area contributed by atoms with Crippen LogP contribution in [0.1, 0.15) is 23.4 Å². The molecule has 1 unspecified atom stereocenters. The molecular formula is C18H20N2O. The fraction of sp³-hybridized carbons (Fsp3) is 0.333. The Kier molecular flexibility index (Phi) is 3.74. The van der Waals surface area contributed by atoms with Crippen LogP contribution in [-0.2, 0) is 11.2 Å². The average molecular weight is 280 g/mol. The third kappa shape index (κ3) is 2.97. The number of aryl methyl sites for hydroxylation is 2. The van der Waals surface area contributed by atoms with E-state index in [1.807, 2.05) is 42.2 Å². The van der Waals surface area contributed by atoms with Crippen LogP contribution in [0.15, 0.2) is 42.5 Å². The summed E-state index contributed by atoms with van der Waals surface area (Å²) in [6, 6.07) is 14.1. The molecule has 0 saturated carbocycles. The van der Waals surface area contributed by atoms with Crippen LogP contribution in [0.2, 0.25) is 0 Å². The first-order chi connectivity index (χ1) is 10.1. The molecule has 3 nitrogen and oxygen atoms in total. The van der Waals surface area contributed by atoms with Crippen molar-refractivity contribution in [3.8, 4) is 0 Å². The molecule has 1 aliphatic rings. The number of para-hydroxylation sites is 1. The second kappa shape index (κ2) is 5.68. The Hall–Kier alpha value is -2.16. The highest BCUT2D eigenvalue weighted by atomic mass is 16.2. The highest BCUT2D eigenvalue weighted by Gasteiger charge is 2.30. The second-order valence-corrected chi connectivity index (χ2v) is 5.82. The van der Waals surface area contributed by atoms with Crippen LogP contribution >= 0.6 is 0 Å². The van der Waals surface area contributed by atoms with Crippen LogP contribution in [0.3, 0.4) is 0 Å². The van der Waals surface area contributed by atoms with Crippen LogP contribution < -0.4 is 4.90 Å². The van der Waals surface area contributed by atoms with Gasteiger partial charge in [0.1, 0.15) is 0 Å². The number of amides is 1. The lowest BCUT2D eigenvalue weighted by Gasteiger charge is -2.16. The lowest BCUT2D eigenvalue weighted by molar-refractivity contribution is -0.117. The summed E-state index contributed by atoms with van der Waals surface area (Å²) < 4.78 is 0. The van der Waals surface area contributed by atoms with E-state index in [4.69, 9.17) is 0 Å². The third-order valence-corrected chi connectivity index (χ3v) is 4.18. The molecule has 0 aliphatic carbocycles. The minimum atomic E-state index is 0.218. The van der Waals surface area contributed by atoms with Gasteiger partial charge in [-0.15, -0.1) is 0 Å². The minimum Gasteiger partial charge on any atom is -0.312 e. The summed E-state index contributed by atoms with van der Waals surface area (Å²) in [7, 11) is 0. The molecule has 0 bridgehead atoms. The highest BCUT2D eigenvalue weighted by molar-refractivity contribution is 5.95. The largest absolute Gasteiger partial charge is 0.312 e. The maximum atomic E-state index is 12.2. The molecule has 108 valence electrons. The zero-order valence-corrected chi connectivity index (χ0v) is 12.5. The predicted molar refractivity (Wildman–Crippen MR) is 84.3 cm³/mol. The van der Waals surface area contributed by atoms with E-state index in [1.54, 1.807) is 0 Å². The SMILES string of the molecule is Cc1ccc(CC2CC(=O)N(c3ccccc3)C2)nc1C. The van der Waals surface area contributed by atoms with Crippen molar-refractivity contribution in [3.05, 3.63) is 59.4 Å². The Bertz CT molecular complexity index is 652. The molecule has 0 N–H and O–H groups in total. The standard InChI is InChI=1S/C18H20N2O/c1-13-8-9-16(19-14(13)2)10-15-11-18(21)20(12-15)17-6-4-3-5-7-17/h3-9,15H,10-12H2,1-2H3. The van der Waals surface area contributed by atoms with Gasteiger partial charge >= 0.3 is 0 Å². The number of anilines is 1. The van der Waals surface area contributed by atoms with E-state index >= 15 is 0 Å². The number of aromatic nitrogens is 1. The van der Waals surface area contributed by atoms with Crippen LogP contribution in [0, 0.1) is 19.8 Å². The first kappa shape index (κ1) is 13.8. The lowest BCUT2D eigenvalue weighted by atomic mass is 10.0. The van der Waals surface area contributed by atoms with E-state index in [1.165, 1.54) is 5.56 Å². The van der Waals surface area contributed by atoms with Gasteiger partial charge in [0.2, 0.25) is 5.91 Å². The average Bonchev–Trinajstić information content (AvgIpc) is 2.84. The Morgan fingerprint density at radius 2 is 1.90 bits per heavy atom. The smallest absolute Gasteiger partial charge is 0.227 e. The number of hydrogen-bond donors (Lipinski definition) is 0. The monoisotopic (exact) mass is 280 g/mol. The zero-order chi connectivity index (χ0) is 14.8. The van der Waals surface area contributed by atoms with Gasteiger partial charge in [-0.05, 0) is 49.9 Å². The van der Waals surface area contributed by atoms with Crippen molar-refractivity contribution in [1.29, 1.82) is 0 Å². The molecule has 1 aliphatic heterocycles. The van der Waals surface area contributed by atoms with Crippen LogP contribution in [-0.4, -0.2) is 17.4 Å². The van der Waals surface area contributed by atoms with Crippen molar-refractivity contribution >= 4 is 11.6 Å². The number of rotatable bonds is 3. The van der Waals surface area contributed by atoms with E-state index in [2.05, 4.69) is 24.0 Å². The lowest BCUT2D eigenvalue weighted by Crippen LogP contribution is -2.24. The number of benzene rings is 1. The summed E-state index contributed by atoms with van der Waals surface area (Å²) in [5.74, 6) is 0.572. The summed E-state index contributed by atoms with van der Waals surface area (Å²) in [4.78, 5) is 18.7. The second-order valence-electron chi connectivity index (χ2n) is 5.82. The predicted octanol–water partition coefficient (Wildman–Crippen LogP) is 3.29. The maximum Gasteiger partial charge on any atom is 0.227 e. The Labute approximate surface area is 125 Å². The van der Waals surface area contributed by atoms with Gasteiger partial charge in [-0.3, -0.25) is 9.78 Å². The van der Waals surface area contributed by atoms with Crippen molar-refractivity contribution in [2.45, 2.75) is 26.7 Å².